The molecule has 0 saturated carbocycles. The van der Waals surface area contributed by atoms with Crippen LogP contribution in [-0.2, 0) is 25.7 Å². The second kappa shape index (κ2) is 7.94. The molecule has 1 atom stereocenters. The monoisotopic (exact) mass is 328 g/mol. The third-order valence-corrected chi connectivity index (χ3v) is 3.03. The molecule has 4 nitrogen and oxygen atoms in total. The average Bonchev–Trinajstić information content (AvgIpc) is 2.37. The third-order valence-electron chi connectivity index (χ3n) is 2.53. The van der Waals surface area contributed by atoms with Crippen molar-refractivity contribution in [3.05, 3.63) is 34.3 Å². The van der Waals surface area contributed by atoms with Crippen molar-refractivity contribution in [2.75, 3.05) is 6.61 Å². The number of benzene rings is 1. The fourth-order valence-corrected chi connectivity index (χ4v) is 2.00. The van der Waals surface area contributed by atoms with Gasteiger partial charge in [-0.15, -0.1) is 0 Å². The molecular weight excluding hydrogens is 312 g/mol. The van der Waals surface area contributed by atoms with E-state index in [1.165, 1.54) is 0 Å². The van der Waals surface area contributed by atoms with Gasteiger partial charge in [-0.1, -0.05) is 35.0 Å². The predicted octanol–water partition coefficient (Wildman–Crippen LogP) is 3.08. The molecule has 0 aliphatic heterocycles. The molecule has 1 unspecified atom stereocenters. The Labute approximate surface area is 121 Å². The lowest BCUT2D eigenvalue weighted by Gasteiger charge is -2.13. The molecule has 5 heteroatoms. The van der Waals surface area contributed by atoms with Gasteiger partial charge in [0.1, 0.15) is 6.61 Å². The first-order valence-corrected chi connectivity index (χ1v) is 6.95. The molecule has 0 fully saturated rings. The van der Waals surface area contributed by atoms with Gasteiger partial charge < -0.3 is 9.47 Å². The summed E-state index contributed by atoms with van der Waals surface area (Å²) in [6.45, 7) is 3.86. The molecule has 1 aromatic carbocycles. The Bertz CT molecular complexity index is 445. The second-order valence-electron chi connectivity index (χ2n) is 3.95. The third kappa shape index (κ3) is 5.03. The number of esters is 2. The van der Waals surface area contributed by atoms with E-state index in [0.29, 0.717) is 6.42 Å². The Hall–Kier alpha value is -1.36. The zero-order valence-electron chi connectivity index (χ0n) is 11.0. The van der Waals surface area contributed by atoms with Crippen LogP contribution in [0.2, 0.25) is 0 Å². The molecule has 0 amide bonds. The van der Waals surface area contributed by atoms with Crippen LogP contribution in [0.4, 0.5) is 0 Å². The maximum Gasteiger partial charge on any atom is 0.320 e. The minimum atomic E-state index is -0.841. The van der Waals surface area contributed by atoms with Gasteiger partial charge in [0.25, 0.3) is 0 Å². The van der Waals surface area contributed by atoms with Gasteiger partial charge in [-0.05, 0) is 31.0 Å². The zero-order valence-corrected chi connectivity index (χ0v) is 12.6. The molecule has 0 aromatic heterocycles. The van der Waals surface area contributed by atoms with Crippen LogP contribution in [0.3, 0.4) is 0 Å². The molecule has 0 aliphatic carbocycles. The van der Waals surface area contributed by atoms with Gasteiger partial charge in [0, 0.05) is 4.47 Å². The Kier molecular flexibility index (Phi) is 6.56. The normalized spacial score (nSPS) is 11.7. The molecule has 0 aliphatic rings. The van der Waals surface area contributed by atoms with Gasteiger partial charge in [0.15, 0.2) is 5.92 Å². The predicted molar refractivity (Wildman–Crippen MR) is 74.4 cm³/mol. The first kappa shape index (κ1) is 15.7. The smallest absolute Gasteiger partial charge is 0.320 e. The van der Waals surface area contributed by atoms with Crippen molar-refractivity contribution in [1.29, 1.82) is 0 Å². The molecule has 0 N–H and O–H groups in total. The van der Waals surface area contributed by atoms with Crippen molar-refractivity contribution in [2.24, 2.45) is 5.92 Å². The number of carbonyl (C=O) groups excluding carboxylic acids is 2. The van der Waals surface area contributed by atoms with Crippen LogP contribution in [0.1, 0.15) is 25.8 Å². The summed E-state index contributed by atoms with van der Waals surface area (Å²) in [6.07, 6.45) is 0.371. The average molecular weight is 329 g/mol. The van der Waals surface area contributed by atoms with Crippen molar-refractivity contribution >= 4 is 27.9 Å². The summed E-state index contributed by atoms with van der Waals surface area (Å²) in [6, 6.07) is 7.45. The zero-order chi connectivity index (χ0) is 14.3. The number of hydrogen-bond acceptors (Lipinski definition) is 4. The maximum absolute atomic E-state index is 11.8. The van der Waals surface area contributed by atoms with E-state index in [0.717, 1.165) is 10.0 Å². The maximum atomic E-state index is 11.8. The highest BCUT2D eigenvalue weighted by molar-refractivity contribution is 9.10. The molecule has 104 valence electrons. The van der Waals surface area contributed by atoms with Crippen LogP contribution in [-0.4, -0.2) is 18.5 Å². The molecule has 0 saturated heterocycles. The van der Waals surface area contributed by atoms with E-state index in [1.54, 1.807) is 13.8 Å². The van der Waals surface area contributed by atoms with Crippen molar-refractivity contribution in [3.63, 3.8) is 0 Å². The minimum Gasteiger partial charge on any atom is -0.465 e. The molecule has 1 rings (SSSR count). The van der Waals surface area contributed by atoms with E-state index in [9.17, 15) is 9.59 Å². The molecule has 0 spiro atoms. The highest BCUT2D eigenvalue weighted by Crippen LogP contribution is 2.14. The summed E-state index contributed by atoms with van der Waals surface area (Å²) in [7, 11) is 0. The van der Waals surface area contributed by atoms with Gasteiger partial charge in [0.05, 0.1) is 6.61 Å². The first-order valence-electron chi connectivity index (χ1n) is 6.16. The molecule has 19 heavy (non-hydrogen) atoms. The lowest BCUT2D eigenvalue weighted by Crippen LogP contribution is -2.27. The number of rotatable bonds is 6. The van der Waals surface area contributed by atoms with E-state index in [2.05, 4.69) is 15.9 Å². The van der Waals surface area contributed by atoms with E-state index in [1.807, 2.05) is 24.3 Å². The highest BCUT2D eigenvalue weighted by atomic mass is 79.9. The van der Waals surface area contributed by atoms with Crippen LogP contribution in [0, 0.1) is 5.92 Å². The summed E-state index contributed by atoms with van der Waals surface area (Å²) >= 11 is 3.34. The number of hydrogen-bond donors (Lipinski definition) is 0. The minimum absolute atomic E-state index is 0.147. The molecule has 0 bridgehead atoms. The van der Waals surface area contributed by atoms with Crippen molar-refractivity contribution in [1.82, 2.24) is 0 Å². The lowest BCUT2D eigenvalue weighted by atomic mass is 10.1. The number of halogens is 1. The quantitative estimate of drug-likeness (QED) is 0.594. The van der Waals surface area contributed by atoms with Crippen molar-refractivity contribution in [2.45, 2.75) is 26.9 Å². The SMILES string of the molecule is CCOC(=O)C(CC)C(=O)OCc1cccc(Br)c1. The Morgan fingerprint density at radius 3 is 2.47 bits per heavy atom. The Morgan fingerprint density at radius 1 is 1.21 bits per heavy atom. The Balaban J connectivity index is 2.56. The largest absolute Gasteiger partial charge is 0.465 e. The fourth-order valence-electron chi connectivity index (χ4n) is 1.55. The van der Waals surface area contributed by atoms with Gasteiger partial charge in [-0.2, -0.15) is 0 Å². The summed E-state index contributed by atoms with van der Waals surface area (Å²) in [5, 5.41) is 0. The standard InChI is InChI=1S/C14H17BrO4/c1-3-12(13(16)18-4-2)14(17)19-9-10-6-5-7-11(15)8-10/h5-8,12H,3-4,9H2,1-2H3. The van der Waals surface area contributed by atoms with Crippen molar-refractivity contribution in [3.8, 4) is 0 Å². The van der Waals surface area contributed by atoms with Gasteiger partial charge in [-0.25, -0.2) is 0 Å². The van der Waals surface area contributed by atoms with Crippen LogP contribution in [0.25, 0.3) is 0 Å². The van der Waals surface area contributed by atoms with Gasteiger partial charge >= 0.3 is 11.9 Å². The van der Waals surface area contributed by atoms with E-state index >= 15 is 0 Å². The molecular formula is C14H17BrO4. The molecule has 0 heterocycles. The second-order valence-corrected chi connectivity index (χ2v) is 4.87. The lowest BCUT2D eigenvalue weighted by molar-refractivity contribution is -0.162. The Morgan fingerprint density at radius 2 is 1.89 bits per heavy atom. The van der Waals surface area contributed by atoms with Crippen molar-refractivity contribution < 1.29 is 19.1 Å². The van der Waals surface area contributed by atoms with Crippen LogP contribution >= 0.6 is 15.9 Å². The molecule has 1 aromatic rings. The van der Waals surface area contributed by atoms with Crippen LogP contribution < -0.4 is 0 Å². The summed E-state index contributed by atoms with van der Waals surface area (Å²) in [5.41, 5.74) is 0.862. The van der Waals surface area contributed by atoms with Gasteiger partial charge in [0.2, 0.25) is 0 Å². The fraction of sp³-hybridized carbons (Fsp3) is 0.429. The van der Waals surface area contributed by atoms with E-state index in [-0.39, 0.29) is 13.2 Å². The van der Waals surface area contributed by atoms with E-state index in [4.69, 9.17) is 9.47 Å². The number of ether oxygens (including phenoxy) is 2. The van der Waals surface area contributed by atoms with E-state index < -0.39 is 17.9 Å². The summed E-state index contributed by atoms with van der Waals surface area (Å²) < 4.78 is 10.9. The highest BCUT2D eigenvalue weighted by Gasteiger charge is 2.27. The number of carbonyl (C=O) groups is 2. The van der Waals surface area contributed by atoms with Crippen LogP contribution in [0.5, 0.6) is 0 Å². The van der Waals surface area contributed by atoms with Crippen LogP contribution in [0.15, 0.2) is 28.7 Å². The topological polar surface area (TPSA) is 52.6 Å². The summed E-state index contributed by atoms with van der Waals surface area (Å²) in [4.78, 5) is 23.4. The first-order chi connectivity index (χ1) is 9.08. The molecule has 0 radical (unpaired) electrons. The summed E-state index contributed by atoms with van der Waals surface area (Å²) in [5.74, 6) is -1.91. The van der Waals surface area contributed by atoms with Gasteiger partial charge in [-0.3, -0.25) is 9.59 Å².